The number of nitrogens with one attached hydrogen (secondary N) is 1. The van der Waals surface area contributed by atoms with Crippen LogP contribution in [0.5, 0.6) is 0 Å². The normalized spacial score (nSPS) is 14.6. The highest BCUT2D eigenvalue weighted by Crippen LogP contribution is 2.37. The zero-order valence-electron chi connectivity index (χ0n) is 16.3. The van der Waals surface area contributed by atoms with Crippen LogP contribution in [0.3, 0.4) is 0 Å². The van der Waals surface area contributed by atoms with E-state index in [1.54, 1.807) is 12.1 Å². The van der Waals surface area contributed by atoms with Crippen LogP contribution in [-0.2, 0) is 17.6 Å². The number of carbonyl (C=O) groups excluding carboxylic acids is 2. The van der Waals surface area contributed by atoms with Gasteiger partial charge in [0.25, 0.3) is 11.8 Å². The Balaban J connectivity index is 1.69. The molecule has 0 fully saturated rings. The van der Waals surface area contributed by atoms with Crippen LogP contribution in [0.1, 0.15) is 59.1 Å². The lowest BCUT2D eigenvalue weighted by molar-refractivity contribution is -0.692. The van der Waals surface area contributed by atoms with Crippen LogP contribution < -0.4 is 16.4 Å². The van der Waals surface area contributed by atoms with E-state index in [0.29, 0.717) is 10.6 Å². The van der Waals surface area contributed by atoms with Crippen molar-refractivity contribution < 1.29 is 19.3 Å². The smallest absolute Gasteiger partial charge is 0.280 e. The summed E-state index contributed by atoms with van der Waals surface area (Å²) in [5.74, 6) is -0.656. The molecule has 2 amide bonds. The molecule has 0 aliphatic heterocycles. The summed E-state index contributed by atoms with van der Waals surface area (Å²) in [7, 11) is 0. The maximum Gasteiger partial charge on any atom is 0.280 e. The van der Waals surface area contributed by atoms with Gasteiger partial charge in [0.1, 0.15) is 16.9 Å². The fourth-order valence-corrected chi connectivity index (χ4v) is 5.12. The third-order valence-electron chi connectivity index (χ3n) is 5.20. The lowest BCUT2D eigenvalue weighted by Crippen LogP contribution is -2.88. The summed E-state index contributed by atoms with van der Waals surface area (Å²) in [4.78, 5) is 25.7. The topological polar surface area (TPSA) is 88.8 Å². The molecule has 0 unspecified atom stereocenters. The SMILES string of the molecule is CC(C)[C@H]([NH2+]CC(=O)Nc1sc2c(c1C(N)=O)CCCC2)c1ccc(F)cc1. The minimum absolute atomic E-state index is 0.0403. The molecular formula is C21H27FN3O2S+. The van der Waals surface area contributed by atoms with Gasteiger partial charge in [0, 0.05) is 16.4 Å². The van der Waals surface area contributed by atoms with Crippen LogP contribution in [0.2, 0.25) is 0 Å². The van der Waals surface area contributed by atoms with E-state index in [0.717, 1.165) is 41.7 Å². The van der Waals surface area contributed by atoms with Gasteiger partial charge in [-0.1, -0.05) is 26.0 Å². The predicted molar refractivity (Wildman–Crippen MR) is 109 cm³/mol. The molecule has 2 aromatic rings. The number of anilines is 1. The molecule has 1 aliphatic carbocycles. The highest BCUT2D eigenvalue weighted by molar-refractivity contribution is 7.17. The third-order valence-corrected chi connectivity index (χ3v) is 6.41. The highest BCUT2D eigenvalue weighted by Gasteiger charge is 2.26. The average molecular weight is 405 g/mol. The quantitative estimate of drug-likeness (QED) is 0.662. The summed E-state index contributed by atoms with van der Waals surface area (Å²) >= 11 is 1.47. The second-order valence-corrected chi connectivity index (χ2v) is 8.69. The number of carbonyl (C=O) groups is 2. The summed E-state index contributed by atoms with van der Waals surface area (Å²) < 4.78 is 13.2. The van der Waals surface area contributed by atoms with E-state index in [-0.39, 0.29) is 30.2 Å². The van der Waals surface area contributed by atoms with Gasteiger partial charge in [-0.15, -0.1) is 11.3 Å². The first-order valence-electron chi connectivity index (χ1n) is 9.69. The Kier molecular flexibility index (Phi) is 6.46. The summed E-state index contributed by atoms with van der Waals surface area (Å²) in [6, 6.07) is 6.43. The van der Waals surface area contributed by atoms with Gasteiger partial charge in [0.2, 0.25) is 0 Å². The fourth-order valence-electron chi connectivity index (χ4n) is 3.80. The van der Waals surface area contributed by atoms with Crippen molar-refractivity contribution in [3.05, 3.63) is 51.7 Å². The fraction of sp³-hybridized carbons (Fsp3) is 0.429. The Labute approximate surface area is 168 Å². The van der Waals surface area contributed by atoms with Gasteiger partial charge in [-0.3, -0.25) is 9.59 Å². The molecule has 7 heteroatoms. The molecule has 1 atom stereocenters. The van der Waals surface area contributed by atoms with E-state index in [9.17, 15) is 14.0 Å². The lowest BCUT2D eigenvalue weighted by atomic mass is 9.95. The number of quaternary nitrogens is 1. The minimum Gasteiger partial charge on any atom is -0.365 e. The van der Waals surface area contributed by atoms with E-state index < -0.39 is 5.91 Å². The number of hydrogen-bond donors (Lipinski definition) is 3. The summed E-state index contributed by atoms with van der Waals surface area (Å²) in [5.41, 5.74) is 8.05. The van der Waals surface area contributed by atoms with Crippen molar-refractivity contribution in [1.82, 2.24) is 0 Å². The minimum atomic E-state index is -0.481. The van der Waals surface area contributed by atoms with Crippen molar-refractivity contribution in [1.29, 1.82) is 0 Å². The highest BCUT2D eigenvalue weighted by atomic mass is 32.1. The molecule has 0 saturated carbocycles. The molecule has 1 aromatic carbocycles. The summed E-state index contributed by atoms with van der Waals surface area (Å²) in [5, 5.41) is 5.41. The Morgan fingerprint density at radius 3 is 2.54 bits per heavy atom. The zero-order valence-corrected chi connectivity index (χ0v) is 17.1. The van der Waals surface area contributed by atoms with Crippen LogP contribution in [0.15, 0.2) is 24.3 Å². The van der Waals surface area contributed by atoms with Gasteiger partial charge < -0.3 is 16.4 Å². The number of fused-ring (bicyclic) bond motifs is 1. The van der Waals surface area contributed by atoms with Crippen molar-refractivity contribution in [2.24, 2.45) is 11.7 Å². The molecule has 1 aromatic heterocycles. The molecule has 0 spiro atoms. The molecule has 1 aliphatic rings. The Morgan fingerprint density at radius 1 is 1.21 bits per heavy atom. The molecule has 0 radical (unpaired) electrons. The van der Waals surface area contributed by atoms with E-state index in [1.165, 1.54) is 23.5 Å². The molecule has 150 valence electrons. The van der Waals surface area contributed by atoms with Gasteiger partial charge in [-0.05, 0) is 43.4 Å². The average Bonchev–Trinajstić information content (AvgIpc) is 3.01. The van der Waals surface area contributed by atoms with Crippen molar-refractivity contribution in [3.8, 4) is 0 Å². The Morgan fingerprint density at radius 2 is 1.89 bits per heavy atom. The van der Waals surface area contributed by atoms with Crippen molar-refractivity contribution in [2.75, 3.05) is 11.9 Å². The largest absolute Gasteiger partial charge is 0.365 e. The molecule has 28 heavy (non-hydrogen) atoms. The van der Waals surface area contributed by atoms with Crippen LogP contribution in [-0.4, -0.2) is 18.4 Å². The number of nitrogens with two attached hydrogens (primary N) is 2. The molecule has 1 heterocycles. The standard InChI is InChI=1S/C21H26FN3O2S/c1-12(2)19(13-7-9-14(22)10-8-13)24-11-17(26)25-21-18(20(23)27)15-5-3-4-6-16(15)28-21/h7-10,12,19,24H,3-6,11H2,1-2H3,(H2,23,27)(H,25,26)/p+1/t19-/m0/s1. The molecule has 5 N–H and O–H groups in total. The molecule has 5 nitrogen and oxygen atoms in total. The van der Waals surface area contributed by atoms with E-state index in [2.05, 4.69) is 19.2 Å². The zero-order chi connectivity index (χ0) is 20.3. The number of hydrogen-bond acceptors (Lipinski definition) is 3. The summed E-state index contributed by atoms with van der Waals surface area (Å²) in [6.07, 6.45) is 3.91. The number of benzene rings is 1. The van der Waals surface area contributed by atoms with Gasteiger partial charge in [-0.25, -0.2) is 4.39 Å². The van der Waals surface area contributed by atoms with E-state index in [1.807, 2.05) is 5.32 Å². The third kappa shape index (κ3) is 4.59. The summed E-state index contributed by atoms with van der Waals surface area (Å²) in [6.45, 7) is 4.35. The van der Waals surface area contributed by atoms with Gasteiger partial charge in [0.05, 0.1) is 5.56 Å². The lowest BCUT2D eigenvalue weighted by Gasteiger charge is -2.19. The molecule has 0 bridgehead atoms. The number of halogens is 1. The number of aryl methyl sites for hydroxylation is 1. The number of primary amides is 1. The number of rotatable bonds is 7. The first kappa shape index (κ1) is 20.5. The van der Waals surface area contributed by atoms with Crippen LogP contribution in [0.25, 0.3) is 0 Å². The number of amides is 2. The van der Waals surface area contributed by atoms with Crippen molar-refractivity contribution >= 4 is 28.2 Å². The van der Waals surface area contributed by atoms with Gasteiger partial charge in [0.15, 0.2) is 6.54 Å². The predicted octanol–water partition coefficient (Wildman–Crippen LogP) is 2.76. The maximum absolute atomic E-state index is 13.2. The van der Waals surface area contributed by atoms with E-state index >= 15 is 0 Å². The first-order valence-corrected chi connectivity index (χ1v) is 10.5. The van der Waals surface area contributed by atoms with Crippen LogP contribution >= 0.6 is 11.3 Å². The van der Waals surface area contributed by atoms with E-state index in [4.69, 9.17) is 5.73 Å². The first-order chi connectivity index (χ1) is 13.4. The molecule has 3 rings (SSSR count). The van der Waals surface area contributed by atoms with Crippen LogP contribution in [0.4, 0.5) is 9.39 Å². The Bertz CT molecular complexity index is 861. The monoisotopic (exact) mass is 404 g/mol. The molecule has 0 saturated heterocycles. The second-order valence-electron chi connectivity index (χ2n) is 7.59. The van der Waals surface area contributed by atoms with Crippen LogP contribution in [0, 0.1) is 11.7 Å². The maximum atomic E-state index is 13.2. The van der Waals surface area contributed by atoms with Crippen molar-refractivity contribution in [2.45, 2.75) is 45.6 Å². The Hall–Kier alpha value is -2.25. The van der Waals surface area contributed by atoms with Crippen molar-refractivity contribution in [3.63, 3.8) is 0 Å². The second kappa shape index (κ2) is 8.84. The number of thiophene rings is 1. The molecular weight excluding hydrogens is 377 g/mol. The van der Waals surface area contributed by atoms with Gasteiger partial charge >= 0.3 is 0 Å². The van der Waals surface area contributed by atoms with Gasteiger partial charge in [-0.2, -0.15) is 0 Å².